The van der Waals surface area contributed by atoms with Gasteiger partial charge in [-0.3, -0.25) is 5.41 Å². The van der Waals surface area contributed by atoms with Crippen LogP contribution in [0.3, 0.4) is 0 Å². The molecule has 0 aliphatic rings. The van der Waals surface area contributed by atoms with E-state index in [1.807, 2.05) is 4.68 Å². The van der Waals surface area contributed by atoms with Gasteiger partial charge in [0, 0.05) is 12.1 Å². The molecule has 7 heteroatoms. The highest BCUT2D eigenvalue weighted by Gasteiger charge is 2.10. The summed E-state index contributed by atoms with van der Waals surface area (Å²) < 4.78 is 12.8. The molecule has 0 fully saturated rings. The monoisotopic (exact) mass is 289 g/mol. The van der Waals surface area contributed by atoms with Crippen LogP contribution in [0.1, 0.15) is 24.7 Å². The fourth-order valence-electron chi connectivity index (χ4n) is 1.90. The first-order valence-electron chi connectivity index (χ1n) is 6.67. The van der Waals surface area contributed by atoms with Gasteiger partial charge in [0.25, 0.3) is 0 Å². The third-order valence-corrected chi connectivity index (χ3v) is 2.96. The topological polar surface area (TPSA) is 99.0 Å². The summed E-state index contributed by atoms with van der Waals surface area (Å²) in [4.78, 5) is 4.18. The fourth-order valence-corrected chi connectivity index (χ4v) is 1.90. The third kappa shape index (κ3) is 3.50. The number of rotatable bonds is 7. The first-order valence-corrected chi connectivity index (χ1v) is 6.67. The van der Waals surface area contributed by atoms with Crippen LogP contribution in [-0.4, -0.2) is 27.7 Å². The van der Waals surface area contributed by atoms with Crippen LogP contribution in [0, 0.1) is 5.41 Å². The number of nitrogen functional groups attached to an aromatic ring is 1. The molecule has 0 saturated heterocycles. The van der Waals surface area contributed by atoms with E-state index >= 15 is 0 Å². The number of aryl methyl sites for hydroxylation is 1. The number of nitrogens with one attached hydrogen (secondary N) is 1. The third-order valence-electron chi connectivity index (χ3n) is 2.96. The Morgan fingerprint density at radius 1 is 1.38 bits per heavy atom. The van der Waals surface area contributed by atoms with E-state index < -0.39 is 0 Å². The van der Waals surface area contributed by atoms with Crippen LogP contribution in [0.4, 0.5) is 0 Å². The van der Waals surface area contributed by atoms with Gasteiger partial charge >= 0.3 is 0 Å². The Labute approximate surface area is 123 Å². The van der Waals surface area contributed by atoms with Crippen molar-refractivity contribution in [2.75, 3.05) is 7.11 Å². The van der Waals surface area contributed by atoms with Crippen molar-refractivity contribution in [3.05, 3.63) is 35.9 Å². The Hall–Kier alpha value is -2.57. The van der Waals surface area contributed by atoms with E-state index in [9.17, 15) is 0 Å². The van der Waals surface area contributed by atoms with E-state index in [4.69, 9.17) is 20.6 Å². The zero-order valence-electron chi connectivity index (χ0n) is 12.2. The van der Waals surface area contributed by atoms with Crippen LogP contribution in [-0.2, 0) is 13.2 Å². The number of hydrogen-bond acceptors (Lipinski definition) is 5. The molecule has 3 N–H and O–H groups in total. The summed E-state index contributed by atoms with van der Waals surface area (Å²) in [5.74, 6) is 1.86. The van der Waals surface area contributed by atoms with Crippen molar-refractivity contribution >= 4 is 5.84 Å². The van der Waals surface area contributed by atoms with Crippen LogP contribution < -0.4 is 15.2 Å². The lowest BCUT2D eigenvalue weighted by molar-refractivity contribution is 0.269. The average molecular weight is 289 g/mol. The molecule has 0 aliphatic carbocycles. The van der Waals surface area contributed by atoms with Gasteiger partial charge in [0.05, 0.1) is 7.11 Å². The van der Waals surface area contributed by atoms with Crippen molar-refractivity contribution in [3.8, 4) is 11.5 Å². The second-order valence-electron chi connectivity index (χ2n) is 4.47. The number of nitrogens with zero attached hydrogens (tertiary/aromatic N) is 3. The van der Waals surface area contributed by atoms with E-state index in [1.165, 1.54) is 6.33 Å². The van der Waals surface area contributed by atoms with Crippen molar-refractivity contribution in [1.82, 2.24) is 14.8 Å². The van der Waals surface area contributed by atoms with Crippen LogP contribution in [0.15, 0.2) is 24.5 Å². The number of nitrogens with two attached hydrogens (primary N) is 1. The van der Waals surface area contributed by atoms with Gasteiger partial charge in [-0.2, -0.15) is 5.10 Å². The molecule has 2 rings (SSSR count). The quantitative estimate of drug-likeness (QED) is 0.595. The molecule has 0 saturated carbocycles. The van der Waals surface area contributed by atoms with E-state index in [-0.39, 0.29) is 5.84 Å². The molecule has 0 amide bonds. The molecular weight excluding hydrogens is 270 g/mol. The molecule has 0 aliphatic heterocycles. The standard InChI is InChI=1S/C14H19N5O2/c1-3-6-19-13(17-9-18-19)8-21-11-5-4-10(14(15)16)7-12(11)20-2/h4-5,7,9H,3,6,8H2,1-2H3,(H3,15,16). The molecular formula is C14H19N5O2. The molecule has 21 heavy (non-hydrogen) atoms. The first kappa shape index (κ1) is 14.8. The van der Waals surface area contributed by atoms with E-state index in [1.54, 1.807) is 25.3 Å². The molecule has 0 bridgehead atoms. The lowest BCUT2D eigenvalue weighted by atomic mass is 10.2. The van der Waals surface area contributed by atoms with Gasteiger partial charge in [-0.25, -0.2) is 9.67 Å². The predicted molar refractivity (Wildman–Crippen MR) is 78.7 cm³/mol. The predicted octanol–water partition coefficient (Wildman–Crippen LogP) is 1.56. The van der Waals surface area contributed by atoms with E-state index in [0.29, 0.717) is 23.7 Å². The number of amidine groups is 1. The van der Waals surface area contributed by atoms with Gasteiger partial charge in [-0.15, -0.1) is 0 Å². The maximum Gasteiger partial charge on any atom is 0.164 e. The summed E-state index contributed by atoms with van der Waals surface area (Å²) in [6.45, 7) is 3.19. The summed E-state index contributed by atoms with van der Waals surface area (Å²) in [6, 6.07) is 5.13. The normalized spacial score (nSPS) is 10.4. The minimum atomic E-state index is -0.0115. The summed E-state index contributed by atoms with van der Waals surface area (Å²) >= 11 is 0. The van der Waals surface area contributed by atoms with E-state index in [0.717, 1.165) is 18.8 Å². The Kier molecular flexibility index (Phi) is 4.76. The second-order valence-corrected chi connectivity index (χ2v) is 4.47. The molecule has 1 aromatic heterocycles. The van der Waals surface area contributed by atoms with Gasteiger partial charge in [0.15, 0.2) is 17.3 Å². The van der Waals surface area contributed by atoms with Crippen molar-refractivity contribution < 1.29 is 9.47 Å². The van der Waals surface area contributed by atoms with Crippen molar-refractivity contribution in [2.24, 2.45) is 5.73 Å². The molecule has 112 valence electrons. The summed E-state index contributed by atoms with van der Waals surface area (Å²) in [7, 11) is 1.55. The van der Waals surface area contributed by atoms with Gasteiger partial charge < -0.3 is 15.2 Å². The van der Waals surface area contributed by atoms with E-state index in [2.05, 4.69) is 17.0 Å². The maximum atomic E-state index is 7.43. The van der Waals surface area contributed by atoms with Crippen molar-refractivity contribution in [3.63, 3.8) is 0 Å². The molecule has 1 aromatic carbocycles. The van der Waals surface area contributed by atoms with Gasteiger partial charge in [-0.1, -0.05) is 6.92 Å². The van der Waals surface area contributed by atoms with Gasteiger partial charge in [-0.05, 0) is 24.6 Å². The zero-order chi connectivity index (χ0) is 15.2. The number of aromatic nitrogens is 3. The molecule has 0 radical (unpaired) electrons. The SMILES string of the molecule is CCCn1ncnc1COc1ccc(C(=N)N)cc1OC. The number of ether oxygens (including phenoxy) is 2. The lowest BCUT2D eigenvalue weighted by Gasteiger charge is -2.12. The van der Waals surface area contributed by atoms with Crippen LogP contribution >= 0.6 is 0 Å². The Morgan fingerprint density at radius 3 is 2.86 bits per heavy atom. The highest BCUT2D eigenvalue weighted by Crippen LogP contribution is 2.28. The number of methoxy groups -OCH3 is 1. The van der Waals surface area contributed by atoms with Crippen LogP contribution in [0.25, 0.3) is 0 Å². The highest BCUT2D eigenvalue weighted by atomic mass is 16.5. The molecule has 0 spiro atoms. The summed E-state index contributed by atoms with van der Waals surface area (Å²) in [5.41, 5.74) is 6.05. The zero-order valence-corrected chi connectivity index (χ0v) is 12.2. The highest BCUT2D eigenvalue weighted by molar-refractivity contribution is 5.95. The molecule has 7 nitrogen and oxygen atoms in total. The first-order chi connectivity index (χ1) is 10.2. The smallest absolute Gasteiger partial charge is 0.164 e. The summed E-state index contributed by atoms with van der Waals surface area (Å²) in [6.07, 6.45) is 2.50. The molecule has 2 aromatic rings. The average Bonchev–Trinajstić information content (AvgIpc) is 2.92. The molecule has 0 atom stereocenters. The second kappa shape index (κ2) is 6.74. The molecule has 0 unspecified atom stereocenters. The molecule has 1 heterocycles. The minimum Gasteiger partial charge on any atom is -0.493 e. The largest absolute Gasteiger partial charge is 0.493 e. The van der Waals surface area contributed by atoms with Crippen molar-refractivity contribution in [2.45, 2.75) is 26.5 Å². The lowest BCUT2D eigenvalue weighted by Crippen LogP contribution is -2.12. The fraction of sp³-hybridized carbons (Fsp3) is 0.357. The Bertz CT molecular complexity index is 624. The maximum absolute atomic E-state index is 7.43. The van der Waals surface area contributed by atoms with Gasteiger partial charge in [0.2, 0.25) is 0 Å². The number of hydrogen-bond donors (Lipinski definition) is 2. The Balaban J connectivity index is 2.12. The van der Waals surface area contributed by atoms with Crippen LogP contribution in [0.2, 0.25) is 0 Å². The van der Waals surface area contributed by atoms with Crippen molar-refractivity contribution in [1.29, 1.82) is 5.41 Å². The number of benzene rings is 1. The van der Waals surface area contributed by atoms with Crippen LogP contribution in [0.5, 0.6) is 11.5 Å². The van der Waals surface area contributed by atoms with Gasteiger partial charge in [0.1, 0.15) is 18.8 Å². The summed E-state index contributed by atoms with van der Waals surface area (Å²) in [5, 5.41) is 11.6. The minimum absolute atomic E-state index is 0.0115. The Morgan fingerprint density at radius 2 is 2.19 bits per heavy atom.